The van der Waals surface area contributed by atoms with E-state index in [0.29, 0.717) is 30.3 Å². The van der Waals surface area contributed by atoms with Crippen LogP contribution in [0.5, 0.6) is 0 Å². The zero-order valence-corrected chi connectivity index (χ0v) is 17.8. The fourth-order valence-electron chi connectivity index (χ4n) is 3.80. The molecule has 0 amide bonds. The summed E-state index contributed by atoms with van der Waals surface area (Å²) in [7, 11) is 0. The Morgan fingerprint density at radius 2 is 1.78 bits per heavy atom. The zero-order valence-electron chi connectivity index (χ0n) is 17.8. The van der Waals surface area contributed by atoms with Gasteiger partial charge < -0.3 is 15.0 Å². The number of halogens is 3. The van der Waals surface area contributed by atoms with Gasteiger partial charge in [-0.1, -0.05) is 24.3 Å². The molecule has 1 aromatic carbocycles. The molecule has 3 heterocycles. The van der Waals surface area contributed by atoms with Crippen molar-refractivity contribution in [1.29, 1.82) is 0 Å². The van der Waals surface area contributed by atoms with Crippen LogP contribution in [0.25, 0.3) is 11.1 Å². The number of rotatable bonds is 6. The van der Waals surface area contributed by atoms with Crippen molar-refractivity contribution < 1.29 is 17.9 Å². The molecule has 1 aliphatic heterocycles. The van der Waals surface area contributed by atoms with Crippen molar-refractivity contribution in [3.63, 3.8) is 0 Å². The topological polar surface area (TPSA) is 63.2 Å². The minimum Gasteiger partial charge on any atom is -0.372 e. The van der Waals surface area contributed by atoms with Gasteiger partial charge in [-0.2, -0.15) is 5.10 Å². The van der Waals surface area contributed by atoms with Gasteiger partial charge in [0, 0.05) is 31.1 Å². The van der Waals surface area contributed by atoms with Crippen LogP contribution >= 0.6 is 0 Å². The summed E-state index contributed by atoms with van der Waals surface area (Å²) < 4.78 is 45.3. The van der Waals surface area contributed by atoms with Gasteiger partial charge in [-0.25, -0.2) is 18.2 Å². The Hall–Kier alpha value is -3.20. The zero-order chi connectivity index (χ0) is 22.7. The molecule has 1 saturated heterocycles. The van der Waals surface area contributed by atoms with Crippen LogP contribution in [0.15, 0.2) is 48.8 Å². The van der Waals surface area contributed by atoms with E-state index in [-0.39, 0.29) is 24.3 Å². The van der Waals surface area contributed by atoms with E-state index in [1.165, 1.54) is 6.20 Å². The third-order valence-corrected chi connectivity index (χ3v) is 5.18. The van der Waals surface area contributed by atoms with Crippen molar-refractivity contribution in [2.75, 3.05) is 23.3 Å². The van der Waals surface area contributed by atoms with E-state index >= 15 is 0 Å². The first-order chi connectivity index (χ1) is 15.4. The van der Waals surface area contributed by atoms with Gasteiger partial charge in [0.25, 0.3) is 0 Å². The Labute approximate surface area is 184 Å². The Morgan fingerprint density at radius 1 is 1.06 bits per heavy atom. The summed E-state index contributed by atoms with van der Waals surface area (Å²) >= 11 is 0. The minimum atomic E-state index is -2.39. The second kappa shape index (κ2) is 9.52. The van der Waals surface area contributed by atoms with Crippen molar-refractivity contribution >= 4 is 17.3 Å². The first kappa shape index (κ1) is 22.0. The van der Waals surface area contributed by atoms with E-state index in [0.717, 1.165) is 11.1 Å². The van der Waals surface area contributed by atoms with Crippen molar-refractivity contribution in [1.82, 2.24) is 15.2 Å². The molecule has 1 aliphatic rings. The molecule has 0 saturated carbocycles. The normalized spacial score (nSPS) is 18.8. The maximum atomic E-state index is 14.5. The lowest BCUT2D eigenvalue weighted by Gasteiger charge is -2.36. The molecule has 6 nitrogen and oxygen atoms in total. The molecule has 1 fully saturated rings. The molecule has 32 heavy (non-hydrogen) atoms. The van der Waals surface area contributed by atoms with Gasteiger partial charge in [-0.15, -0.1) is 5.10 Å². The fraction of sp³-hybridized carbons (Fsp3) is 0.348. The minimum absolute atomic E-state index is 0.0524. The average molecular weight is 443 g/mol. The van der Waals surface area contributed by atoms with Crippen molar-refractivity contribution in [2.45, 2.75) is 38.9 Å². The molecule has 168 valence electrons. The summed E-state index contributed by atoms with van der Waals surface area (Å²) in [6.07, 6.45) is 0.183. The lowest BCUT2D eigenvalue weighted by Crippen LogP contribution is -2.45. The Bertz CT molecular complexity index is 1050. The van der Waals surface area contributed by atoms with Crippen LogP contribution in [0.4, 0.5) is 30.5 Å². The molecule has 0 aliphatic carbocycles. The summed E-state index contributed by atoms with van der Waals surface area (Å²) in [6.45, 7) is 5.32. The predicted octanol–water partition coefficient (Wildman–Crippen LogP) is 4.84. The molecule has 0 spiro atoms. The van der Waals surface area contributed by atoms with E-state index in [1.807, 2.05) is 13.8 Å². The second-order valence-electron chi connectivity index (χ2n) is 7.93. The van der Waals surface area contributed by atoms with E-state index in [4.69, 9.17) is 4.74 Å². The van der Waals surface area contributed by atoms with E-state index in [2.05, 4.69) is 25.4 Å². The Balaban J connectivity index is 1.53. The maximum Gasteiger partial charge on any atom is 0.242 e. The molecule has 9 heteroatoms. The number of hydrogen-bond donors (Lipinski definition) is 1. The number of ether oxygens (including phenoxy) is 1. The van der Waals surface area contributed by atoms with Crippen LogP contribution in [0.3, 0.4) is 0 Å². The molecule has 2 aromatic heterocycles. The van der Waals surface area contributed by atoms with E-state index in [9.17, 15) is 13.2 Å². The van der Waals surface area contributed by atoms with Gasteiger partial charge in [0.05, 0.1) is 30.3 Å². The van der Waals surface area contributed by atoms with Gasteiger partial charge in [0.1, 0.15) is 5.82 Å². The van der Waals surface area contributed by atoms with Gasteiger partial charge in [0.2, 0.25) is 6.43 Å². The highest BCUT2D eigenvalue weighted by atomic mass is 19.3. The number of anilines is 3. The number of nitrogens with zero attached hydrogens (tertiary/aromatic N) is 4. The second-order valence-corrected chi connectivity index (χ2v) is 7.93. The molecule has 0 radical (unpaired) electrons. The first-order valence-corrected chi connectivity index (χ1v) is 10.4. The smallest absolute Gasteiger partial charge is 0.242 e. The highest BCUT2D eigenvalue weighted by molar-refractivity contribution is 5.68. The lowest BCUT2D eigenvalue weighted by molar-refractivity contribution is -0.00546. The van der Waals surface area contributed by atoms with Crippen molar-refractivity contribution in [2.24, 2.45) is 0 Å². The van der Waals surface area contributed by atoms with Gasteiger partial charge in [-0.3, -0.25) is 0 Å². The number of aromatic nitrogens is 3. The van der Waals surface area contributed by atoms with Gasteiger partial charge in [-0.05, 0) is 31.0 Å². The summed E-state index contributed by atoms with van der Waals surface area (Å²) in [5.41, 5.74) is 2.33. The number of morpholine rings is 1. The summed E-state index contributed by atoms with van der Waals surface area (Å²) in [4.78, 5) is 6.29. The maximum absolute atomic E-state index is 14.5. The highest BCUT2D eigenvalue weighted by Gasteiger charge is 2.24. The third kappa shape index (κ3) is 5.34. The number of hydrogen-bond acceptors (Lipinski definition) is 6. The largest absolute Gasteiger partial charge is 0.372 e. The van der Waals surface area contributed by atoms with Crippen LogP contribution in [0.1, 0.15) is 19.4 Å². The first-order valence-electron chi connectivity index (χ1n) is 10.4. The molecular formula is C23H24F3N5O. The molecule has 0 unspecified atom stereocenters. The molecular weight excluding hydrogens is 419 g/mol. The highest BCUT2D eigenvalue weighted by Crippen LogP contribution is 2.27. The molecule has 3 aromatic rings. The Kier molecular flexibility index (Phi) is 6.55. The van der Waals surface area contributed by atoms with Crippen molar-refractivity contribution in [3.8, 4) is 11.1 Å². The van der Waals surface area contributed by atoms with Crippen LogP contribution in [0.2, 0.25) is 0 Å². The average Bonchev–Trinajstić information content (AvgIpc) is 2.75. The van der Waals surface area contributed by atoms with Gasteiger partial charge >= 0.3 is 0 Å². The summed E-state index contributed by atoms with van der Waals surface area (Å²) in [5, 5.41) is 11.0. The Morgan fingerprint density at radius 3 is 2.47 bits per heavy atom. The van der Waals surface area contributed by atoms with Crippen LogP contribution < -0.4 is 10.2 Å². The quantitative estimate of drug-likeness (QED) is 0.588. The SMILES string of the molecule is C[C@@H]1CN(c2cc(Nc3cc(-c4ccc(CC(F)F)cc4)cnn3)c(F)cn2)C[C@H](C)O1. The molecule has 0 bridgehead atoms. The molecule has 2 atom stereocenters. The fourth-order valence-corrected chi connectivity index (χ4v) is 3.80. The summed E-state index contributed by atoms with van der Waals surface area (Å²) in [5.74, 6) is 0.500. The third-order valence-electron chi connectivity index (χ3n) is 5.18. The molecule has 1 N–H and O–H groups in total. The lowest BCUT2D eigenvalue weighted by atomic mass is 10.0. The van der Waals surface area contributed by atoms with Crippen LogP contribution in [-0.2, 0) is 11.2 Å². The number of alkyl halides is 2. The standard InChI is InChI=1S/C23H24F3N5O/c1-14-12-31(13-15(2)32-14)23-9-20(19(24)11-27-23)29-22-8-18(10-28-30-22)17-5-3-16(4-6-17)7-21(25)26/h3-6,8-11,14-15,21H,7,12-13H2,1-2H3,(H,27,29,30)/t14-,15+. The van der Waals surface area contributed by atoms with E-state index < -0.39 is 12.2 Å². The van der Waals surface area contributed by atoms with E-state index in [1.54, 1.807) is 42.6 Å². The number of pyridine rings is 1. The number of nitrogens with one attached hydrogen (secondary N) is 1. The number of benzene rings is 1. The monoisotopic (exact) mass is 443 g/mol. The van der Waals surface area contributed by atoms with Gasteiger partial charge in [0.15, 0.2) is 11.6 Å². The van der Waals surface area contributed by atoms with Crippen molar-refractivity contribution in [3.05, 3.63) is 60.2 Å². The predicted molar refractivity (Wildman–Crippen MR) is 117 cm³/mol. The van der Waals surface area contributed by atoms with Crippen LogP contribution in [-0.4, -0.2) is 46.9 Å². The molecule has 4 rings (SSSR count). The summed E-state index contributed by atoms with van der Waals surface area (Å²) in [6, 6.07) is 10.2. The van der Waals surface area contributed by atoms with Crippen LogP contribution in [0, 0.1) is 5.82 Å².